The van der Waals surface area contributed by atoms with Crippen LogP contribution in [0.1, 0.15) is 11.1 Å². The summed E-state index contributed by atoms with van der Waals surface area (Å²) in [5.41, 5.74) is 10.8. The SMILES string of the molecule is Cc1cc(N)ccc1/N=N/c1ccc(/N=N/c2nccs2)c(C)c1. The molecule has 0 aliphatic rings. The van der Waals surface area contributed by atoms with Crippen molar-refractivity contribution in [3.63, 3.8) is 0 Å². The predicted octanol–water partition coefficient (Wildman–Crippen LogP) is 6.17. The second-order valence-corrected chi connectivity index (χ2v) is 6.10. The van der Waals surface area contributed by atoms with E-state index >= 15 is 0 Å². The number of hydrogen-bond donors (Lipinski definition) is 1. The van der Waals surface area contributed by atoms with Crippen molar-refractivity contribution in [3.05, 3.63) is 59.1 Å². The number of anilines is 1. The quantitative estimate of drug-likeness (QED) is 0.456. The molecule has 1 heterocycles. The highest BCUT2D eigenvalue weighted by molar-refractivity contribution is 7.13. The molecule has 1 aromatic heterocycles. The predicted molar refractivity (Wildman–Crippen MR) is 97.2 cm³/mol. The maximum absolute atomic E-state index is 5.74. The maximum atomic E-state index is 5.74. The summed E-state index contributed by atoms with van der Waals surface area (Å²) in [6, 6.07) is 11.2. The molecule has 0 aliphatic carbocycles. The molecule has 2 N–H and O–H groups in total. The topological polar surface area (TPSA) is 88.3 Å². The van der Waals surface area contributed by atoms with E-state index in [2.05, 4.69) is 25.4 Å². The number of hydrogen-bond acceptors (Lipinski definition) is 7. The van der Waals surface area contributed by atoms with E-state index in [0.29, 0.717) is 5.13 Å². The van der Waals surface area contributed by atoms with Gasteiger partial charge in [-0.1, -0.05) is 0 Å². The third-order valence-electron chi connectivity index (χ3n) is 3.34. The largest absolute Gasteiger partial charge is 0.399 e. The van der Waals surface area contributed by atoms with Crippen molar-refractivity contribution in [1.29, 1.82) is 0 Å². The van der Waals surface area contributed by atoms with Crippen LogP contribution in [0.3, 0.4) is 0 Å². The van der Waals surface area contributed by atoms with Crippen LogP contribution in [0.2, 0.25) is 0 Å². The van der Waals surface area contributed by atoms with Crippen LogP contribution in [0.4, 0.5) is 27.9 Å². The Morgan fingerprint density at radius 1 is 0.875 bits per heavy atom. The van der Waals surface area contributed by atoms with Gasteiger partial charge in [-0.2, -0.15) is 10.2 Å². The Morgan fingerprint density at radius 2 is 1.58 bits per heavy atom. The molecule has 7 heteroatoms. The van der Waals surface area contributed by atoms with E-state index in [9.17, 15) is 0 Å². The molecule has 2 aromatic carbocycles. The summed E-state index contributed by atoms with van der Waals surface area (Å²) < 4.78 is 0. The van der Waals surface area contributed by atoms with E-state index in [1.807, 2.05) is 55.6 Å². The van der Waals surface area contributed by atoms with Gasteiger partial charge < -0.3 is 5.73 Å². The second kappa shape index (κ2) is 7.10. The first-order valence-corrected chi connectivity index (χ1v) is 8.19. The monoisotopic (exact) mass is 336 g/mol. The lowest BCUT2D eigenvalue weighted by Crippen LogP contribution is -1.84. The van der Waals surface area contributed by atoms with Crippen molar-refractivity contribution in [2.75, 3.05) is 5.73 Å². The van der Waals surface area contributed by atoms with Crippen LogP contribution < -0.4 is 5.73 Å². The molecule has 3 rings (SSSR count). The van der Waals surface area contributed by atoms with Crippen molar-refractivity contribution >= 4 is 39.2 Å². The Morgan fingerprint density at radius 3 is 2.25 bits per heavy atom. The van der Waals surface area contributed by atoms with E-state index in [4.69, 9.17) is 5.73 Å². The summed E-state index contributed by atoms with van der Waals surface area (Å²) in [6.07, 6.45) is 1.70. The summed E-state index contributed by atoms with van der Waals surface area (Å²) in [4.78, 5) is 4.07. The van der Waals surface area contributed by atoms with Gasteiger partial charge in [-0.15, -0.1) is 21.6 Å². The number of nitrogens with zero attached hydrogens (tertiary/aromatic N) is 5. The zero-order valence-electron chi connectivity index (χ0n) is 13.3. The maximum Gasteiger partial charge on any atom is 0.229 e. The zero-order valence-corrected chi connectivity index (χ0v) is 14.2. The van der Waals surface area contributed by atoms with E-state index in [0.717, 1.165) is 33.9 Å². The van der Waals surface area contributed by atoms with Crippen molar-refractivity contribution in [2.45, 2.75) is 13.8 Å². The minimum atomic E-state index is 0.636. The van der Waals surface area contributed by atoms with Crippen LogP contribution in [0.15, 0.2) is 68.4 Å². The average Bonchev–Trinajstić information content (AvgIpc) is 3.06. The standard InChI is InChI=1S/C17H16N6S/c1-11-9-13(18)3-5-15(11)21-20-14-4-6-16(12(2)10-14)22-23-17-19-7-8-24-17/h3-10H,18H2,1-2H3/b21-20+,23-22+. The third kappa shape index (κ3) is 3.88. The summed E-state index contributed by atoms with van der Waals surface area (Å²) in [5, 5.41) is 19.4. The van der Waals surface area contributed by atoms with E-state index in [1.54, 1.807) is 6.20 Å². The van der Waals surface area contributed by atoms with Crippen molar-refractivity contribution in [2.24, 2.45) is 20.5 Å². The van der Waals surface area contributed by atoms with Gasteiger partial charge in [-0.25, -0.2) is 4.98 Å². The minimum Gasteiger partial charge on any atom is -0.399 e. The molecule has 24 heavy (non-hydrogen) atoms. The van der Waals surface area contributed by atoms with Gasteiger partial charge in [-0.05, 0) is 61.4 Å². The molecule has 0 unspecified atom stereocenters. The van der Waals surface area contributed by atoms with Crippen LogP contribution in [-0.4, -0.2) is 4.98 Å². The number of nitrogen functional groups attached to an aromatic ring is 1. The summed E-state index contributed by atoms with van der Waals surface area (Å²) in [5.74, 6) is 0. The number of nitrogens with two attached hydrogens (primary N) is 1. The van der Waals surface area contributed by atoms with Crippen molar-refractivity contribution < 1.29 is 0 Å². The fourth-order valence-electron chi connectivity index (χ4n) is 2.08. The Hall–Kier alpha value is -2.93. The summed E-state index contributed by atoms with van der Waals surface area (Å²) in [7, 11) is 0. The molecule has 0 aliphatic heterocycles. The van der Waals surface area contributed by atoms with Gasteiger partial charge in [0.2, 0.25) is 5.13 Å². The van der Waals surface area contributed by atoms with Gasteiger partial charge in [0.25, 0.3) is 0 Å². The Balaban J connectivity index is 1.78. The second-order valence-electron chi connectivity index (χ2n) is 5.23. The van der Waals surface area contributed by atoms with Crippen LogP contribution >= 0.6 is 11.3 Å². The number of thiazole rings is 1. The number of azo groups is 2. The first kappa shape index (κ1) is 15.9. The molecule has 6 nitrogen and oxygen atoms in total. The Bertz CT molecular complexity index is 899. The van der Waals surface area contributed by atoms with Crippen LogP contribution in [0.5, 0.6) is 0 Å². The number of aromatic nitrogens is 1. The Labute approximate surface area is 143 Å². The number of aryl methyl sites for hydroxylation is 2. The van der Waals surface area contributed by atoms with Gasteiger partial charge in [-0.3, -0.25) is 0 Å². The molecular formula is C17H16N6S. The highest BCUT2D eigenvalue weighted by Gasteiger charge is 2.01. The molecule has 0 radical (unpaired) electrons. The molecule has 3 aromatic rings. The van der Waals surface area contributed by atoms with Crippen molar-refractivity contribution in [3.8, 4) is 0 Å². The van der Waals surface area contributed by atoms with Gasteiger partial charge in [0.1, 0.15) is 0 Å². The molecule has 0 saturated heterocycles. The van der Waals surface area contributed by atoms with Gasteiger partial charge in [0, 0.05) is 17.3 Å². The lowest BCUT2D eigenvalue weighted by molar-refractivity contribution is 1.17. The van der Waals surface area contributed by atoms with Crippen LogP contribution in [-0.2, 0) is 0 Å². The molecule has 0 amide bonds. The first-order chi connectivity index (χ1) is 11.6. The van der Waals surface area contributed by atoms with Gasteiger partial charge >= 0.3 is 0 Å². The molecule has 0 saturated carbocycles. The number of benzene rings is 2. The van der Waals surface area contributed by atoms with E-state index in [-0.39, 0.29) is 0 Å². The minimum absolute atomic E-state index is 0.636. The lowest BCUT2D eigenvalue weighted by atomic mass is 10.2. The van der Waals surface area contributed by atoms with E-state index in [1.165, 1.54) is 11.3 Å². The first-order valence-electron chi connectivity index (χ1n) is 7.31. The summed E-state index contributed by atoms with van der Waals surface area (Å²) in [6.45, 7) is 3.92. The van der Waals surface area contributed by atoms with Crippen LogP contribution in [0.25, 0.3) is 0 Å². The van der Waals surface area contributed by atoms with Crippen molar-refractivity contribution in [1.82, 2.24) is 4.98 Å². The van der Waals surface area contributed by atoms with Crippen LogP contribution in [0, 0.1) is 13.8 Å². The molecular weight excluding hydrogens is 320 g/mol. The van der Waals surface area contributed by atoms with Gasteiger partial charge in [0.15, 0.2) is 0 Å². The third-order valence-corrected chi connectivity index (χ3v) is 3.99. The lowest BCUT2D eigenvalue weighted by Gasteiger charge is -2.01. The van der Waals surface area contributed by atoms with E-state index < -0.39 is 0 Å². The molecule has 0 fully saturated rings. The molecule has 0 bridgehead atoms. The molecule has 120 valence electrons. The molecule has 0 spiro atoms. The highest BCUT2D eigenvalue weighted by Crippen LogP contribution is 2.28. The highest BCUT2D eigenvalue weighted by atomic mass is 32.1. The molecule has 0 atom stereocenters. The summed E-state index contributed by atoms with van der Waals surface area (Å²) >= 11 is 1.45. The zero-order chi connectivity index (χ0) is 16.9. The fraction of sp³-hybridized carbons (Fsp3) is 0.118. The normalized spacial score (nSPS) is 11.6. The fourth-order valence-corrected chi connectivity index (χ4v) is 2.53. The number of rotatable bonds is 4. The Kier molecular flexibility index (Phi) is 4.72. The smallest absolute Gasteiger partial charge is 0.229 e. The van der Waals surface area contributed by atoms with Gasteiger partial charge in [0.05, 0.1) is 17.1 Å². The average molecular weight is 336 g/mol.